The number of hydrogen-bond acceptors (Lipinski definition) is 3. The Hall–Kier alpha value is -1.85. The molecule has 0 aliphatic carbocycles. The van der Waals surface area contributed by atoms with Crippen LogP contribution < -0.4 is 5.32 Å². The fourth-order valence-corrected chi connectivity index (χ4v) is 1.90. The van der Waals surface area contributed by atoms with Crippen molar-refractivity contribution in [3.8, 4) is 0 Å². The molecule has 0 spiro atoms. The third-order valence-electron chi connectivity index (χ3n) is 3.06. The van der Waals surface area contributed by atoms with Gasteiger partial charge in [-0.15, -0.1) is 0 Å². The van der Waals surface area contributed by atoms with Gasteiger partial charge in [-0.2, -0.15) is 5.10 Å². The first-order chi connectivity index (χ1) is 8.71. The van der Waals surface area contributed by atoms with E-state index in [2.05, 4.69) is 15.5 Å². The second-order valence-corrected chi connectivity index (χ2v) is 5.42. The normalized spacial score (nSPS) is 11.4. The number of aromatic nitrogens is 2. The van der Waals surface area contributed by atoms with Crippen molar-refractivity contribution in [1.82, 2.24) is 15.5 Å². The van der Waals surface area contributed by atoms with Gasteiger partial charge in [-0.3, -0.25) is 14.7 Å². The molecule has 1 rings (SSSR count). The summed E-state index contributed by atoms with van der Waals surface area (Å²) in [5, 5.41) is 18.4. The molecule has 0 saturated heterocycles. The molecule has 106 valence electrons. The minimum absolute atomic E-state index is 0.0387. The first-order valence-electron chi connectivity index (χ1n) is 6.24. The zero-order chi connectivity index (χ0) is 14.6. The highest BCUT2D eigenvalue weighted by Crippen LogP contribution is 2.14. The molecule has 6 nitrogen and oxygen atoms in total. The zero-order valence-corrected chi connectivity index (χ0v) is 11.8. The second-order valence-electron chi connectivity index (χ2n) is 5.42. The standard InChI is InChI=1S/C13H21N3O3/c1-8-10(9(2)16-15-8)7-11(17)14-13(3,4)6-5-12(18)19/h5-7H2,1-4H3,(H,14,17)(H,15,16)(H,18,19). The highest BCUT2D eigenvalue weighted by Gasteiger charge is 2.22. The fourth-order valence-electron chi connectivity index (χ4n) is 1.90. The van der Waals surface area contributed by atoms with Crippen LogP contribution in [0.5, 0.6) is 0 Å². The number of nitrogens with one attached hydrogen (secondary N) is 2. The number of rotatable bonds is 6. The molecule has 19 heavy (non-hydrogen) atoms. The topological polar surface area (TPSA) is 95.1 Å². The van der Waals surface area contributed by atoms with Crippen molar-refractivity contribution < 1.29 is 14.7 Å². The van der Waals surface area contributed by atoms with E-state index in [0.29, 0.717) is 6.42 Å². The first-order valence-corrected chi connectivity index (χ1v) is 6.24. The zero-order valence-electron chi connectivity index (χ0n) is 11.8. The summed E-state index contributed by atoms with van der Waals surface area (Å²) < 4.78 is 0. The predicted molar refractivity (Wildman–Crippen MR) is 70.9 cm³/mol. The number of hydrogen-bond donors (Lipinski definition) is 3. The highest BCUT2D eigenvalue weighted by molar-refractivity contribution is 5.79. The average Bonchev–Trinajstić information content (AvgIpc) is 2.57. The van der Waals surface area contributed by atoms with Gasteiger partial charge in [-0.05, 0) is 34.1 Å². The third-order valence-corrected chi connectivity index (χ3v) is 3.06. The molecule has 0 atom stereocenters. The van der Waals surface area contributed by atoms with Gasteiger partial charge in [0, 0.05) is 23.2 Å². The van der Waals surface area contributed by atoms with E-state index in [4.69, 9.17) is 5.11 Å². The van der Waals surface area contributed by atoms with Gasteiger partial charge in [0.05, 0.1) is 12.1 Å². The molecular formula is C13H21N3O3. The van der Waals surface area contributed by atoms with Crippen molar-refractivity contribution in [1.29, 1.82) is 0 Å². The van der Waals surface area contributed by atoms with Crippen LogP contribution >= 0.6 is 0 Å². The maximum absolute atomic E-state index is 12.0. The van der Waals surface area contributed by atoms with Gasteiger partial charge in [0.2, 0.25) is 5.91 Å². The van der Waals surface area contributed by atoms with E-state index in [0.717, 1.165) is 17.0 Å². The van der Waals surface area contributed by atoms with Crippen molar-refractivity contribution in [2.45, 2.75) is 52.5 Å². The maximum Gasteiger partial charge on any atom is 0.303 e. The number of amides is 1. The molecule has 1 heterocycles. The van der Waals surface area contributed by atoms with Crippen LogP contribution in [-0.4, -0.2) is 32.7 Å². The van der Waals surface area contributed by atoms with E-state index in [1.54, 1.807) is 0 Å². The minimum Gasteiger partial charge on any atom is -0.481 e. The molecule has 0 radical (unpaired) electrons. The van der Waals surface area contributed by atoms with Crippen molar-refractivity contribution >= 4 is 11.9 Å². The molecule has 0 aromatic carbocycles. The number of aromatic amines is 1. The molecule has 1 aromatic rings. The number of carbonyl (C=O) groups excluding carboxylic acids is 1. The smallest absolute Gasteiger partial charge is 0.303 e. The van der Waals surface area contributed by atoms with Crippen LogP contribution in [0.3, 0.4) is 0 Å². The molecule has 3 N–H and O–H groups in total. The summed E-state index contributed by atoms with van der Waals surface area (Å²) in [5.74, 6) is -0.980. The largest absolute Gasteiger partial charge is 0.481 e. The van der Waals surface area contributed by atoms with Gasteiger partial charge in [-0.1, -0.05) is 0 Å². The molecule has 1 aromatic heterocycles. The summed E-state index contributed by atoms with van der Waals surface area (Å²) in [4.78, 5) is 22.5. The van der Waals surface area contributed by atoms with Gasteiger partial charge >= 0.3 is 5.97 Å². The van der Waals surface area contributed by atoms with Gasteiger partial charge in [0.25, 0.3) is 0 Å². The lowest BCUT2D eigenvalue weighted by atomic mass is 9.97. The van der Waals surface area contributed by atoms with Crippen LogP contribution in [0.25, 0.3) is 0 Å². The highest BCUT2D eigenvalue weighted by atomic mass is 16.4. The van der Waals surface area contributed by atoms with Crippen LogP contribution in [0.2, 0.25) is 0 Å². The monoisotopic (exact) mass is 267 g/mol. The number of carboxylic acids is 1. The summed E-state index contributed by atoms with van der Waals surface area (Å²) in [6.07, 6.45) is 0.694. The molecule has 0 aliphatic rings. The molecule has 6 heteroatoms. The van der Waals surface area contributed by atoms with Crippen LogP contribution in [0.1, 0.15) is 43.6 Å². The number of H-pyrrole nitrogens is 1. The van der Waals surface area contributed by atoms with E-state index >= 15 is 0 Å². The number of nitrogens with zero attached hydrogens (tertiary/aromatic N) is 1. The Morgan fingerprint density at radius 3 is 2.47 bits per heavy atom. The van der Waals surface area contributed by atoms with E-state index in [-0.39, 0.29) is 18.7 Å². The average molecular weight is 267 g/mol. The number of aryl methyl sites for hydroxylation is 2. The Morgan fingerprint density at radius 2 is 2.00 bits per heavy atom. The molecule has 0 aliphatic heterocycles. The van der Waals surface area contributed by atoms with Gasteiger partial charge in [0.1, 0.15) is 0 Å². The summed E-state index contributed by atoms with van der Waals surface area (Å²) in [6, 6.07) is 0. The Labute approximate surface area is 112 Å². The van der Waals surface area contributed by atoms with Gasteiger partial charge < -0.3 is 10.4 Å². The number of aliphatic carboxylic acids is 1. The second kappa shape index (κ2) is 5.86. The lowest BCUT2D eigenvalue weighted by Crippen LogP contribution is -2.44. The van der Waals surface area contributed by atoms with Crippen molar-refractivity contribution in [2.75, 3.05) is 0 Å². The van der Waals surface area contributed by atoms with Gasteiger partial charge in [-0.25, -0.2) is 0 Å². The predicted octanol–water partition coefficient (Wildman–Crippen LogP) is 1.33. The minimum atomic E-state index is -0.858. The molecule has 0 saturated carbocycles. The SMILES string of the molecule is Cc1n[nH]c(C)c1CC(=O)NC(C)(C)CCC(=O)O. The van der Waals surface area contributed by atoms with Crippen LogP contribution in [0.15, 0.2) is 0 Å². The van der Waals surface area contributed by atoms with Crippen molar-refractivity contribution in [2.24, 2.45) is 0 Å². The lowest BCUT2D eigenvalue weighted by Gasteiger charge is -2.25. The Kier molecular flexibility index (Phi) is 4.69. The van der Waals surface area contributed by atoms with Crippen LogP contribution in [-0.2, 0) is 16.0 Å². The maximum atomic E-state index is 12.0. The molecule has 0 fully saturated rings. The molecular weight excluding hydrogens is 246 g/mol. The van der Waals surface area contributed by atoms with Crippen molar-refractivity contribution in [3.05, 3.63) is 17.0 Å². The van der Waals surface area contributed by atoms with Gasteiger partial charge in [0.15, 0.2) is 0 Å². The summed E-state index contributed by atoms with van der Waals surface area (Å²) >= 11 is 0. The Morgan fingerprint density at radius 1 is 1.37 bits per heavy atom. The molecule has 0 bridgehead atoms. The first kappa shape index (κ1) is 15.2. The van der Waals surface area contributed by atoms with E-state index in [1.807, 2.05) is 27.7 Å². The lowest BCUT2D eigenvalue weighted by molar-refractivity contribution is -0.137. The third kappa shape index (κ3) is 4.73. The number of carboxylic acid groups (broad SMARTS) is 1. The summed E-state index contributed by atoms with van der Waals surface area (Å²) in [6.45, 7) is 7.37. The van der Waals surface area contributed by atoms with Crippen LogP contribution in [0.4, 0.5) is 0 Å². The van der Waals surface area contributed by atoms with Crippen LogP contribution in [0, 0.1) is 13.8 Å². The Bertz CT molecular complexity index is 458. The molecule has 0 unspecified atom stereocenters. The number of carbonyl (C=O) groups is 2. The Balaban J connectivity index is 2.57. The summed E-state index contributed by atoms with van der Waals surface area (Å²) in [7, 11) is 0. The van der Waals surface area contributed by atoms with E-state index in [9.17, 15) is 9.59 Å². The fraction of sp³-hybridized carbons (Fsp3) is 0.615. The molecule has 1 amide bonds. The van der Waals surface area contributed by atoms with Crippen molar-refractivity contribution in [3.63, 3.8) is 0 Å². The quantitative estimate of drug-likeness (QED) is 0.724. The van der Waals surface area contributed by atoms with E-state index < -0.39 is 11.5 Å². The summed E-state index contributed by atoms with van der Waals surface area (Å²) in [5.41, 5.74) is 2.07. The van der Waals surface area contributed by atoms with E-state index in [1.165, 1.54) is 0 Å².